The highest BCUT2D eigenvalue weighted by atomic mass is 32.2. The fourth-order valence-electron chi connectivity index (χ4n) is 4.39. The smallest absolute Gasteiger partial charge is 0.251 e. The second-order valence-electron chi connectivity index (χ2n) is 8.90. The van der Waals surface area contributed by atoms with E-state index in [-0.39, 0.29) is 11.9 Å². The first kappa shape index (κ1) is 25.9. The van der Waals surface area contributed by atoms with E-state index in [1.807, 2.05) is 61.5 Å². The summed E-state index contributed by atoms with van der Waals surface area (Å²) in [5.74, 6) is 0.679. The van der Waals surface area contributed by atoms with Gasteiger partial charge in [0.15, 0.2) is 0 Å². The van der Waals surface area contributed by atoms with E-state index >= 15 is 0 Å². The van der Waals surface area contributed by atoms with Crippen LogP contribution in [0, 0.1) is 0 Å². The summed E-state index contributed by atoms with van der Waals surface area (Å²) in [4.78, 5) is 15.4. The van der Waals surface area contributed by atoms with E-state index in [4.69, 9.17) is 4.74 Å². The highest BCUT2D eigenvalue weighted by Crippen LogP contribution is 2.21. The minimum absolute atomic E-state index is 0.0773. The number of carbonyl (C=O) groups excluding carboxylic acids is 1. The van der Waals surface area contributed by atoms with Crippen LogP contribution >= 0.6 is 0 Å². The number of piperazine rings is 1. The number of sulfonamides is 1. The fourth-order valence-corrected chi connectivity index (χ4v) is 5.83. The van der Waals surface area contributed by atoms with Crippen molar-refractivity contribution in [3.8, 4) is 5.75 Å². The molecular formula is C28H33N3O4S. The summed E-state index contributed by atoms with van der Waals surface area (Å²) < 4.78 is 32.4. The molecule has 8 heteroatoms. The maximum Gasteiger partial charge on any atom is 0.251 e. The molecule has 190 valence electrons. The molecule has 0 spiro atoms. The summed E-state index contributed by atoms with van der Waals surface area (Å²) in [6.07, 6.45) is 0.780. The zero-order chi connectivity index (χ0) is 25.5. The molecule has 3 aromatic rings. The van der Waals surface area contributed by atoms with E-state index < -0.39 is 10.0 Å². The Bertz CT molecular complexity index is 1240. The number of hydrogen-bond acceptors (Lipinski definition) is 5. The molecule has 1 atom stereocenters. The van der Waals surface area contributed by atoms with Crippen LogP contribution in [0.5, 0.6) is 5.75 Å². The quantitative estimate of drug-likeness (QED) is 0.472. The molecule has 1 saturated heterocycles. The van der Waals surface area contributed by atoms with Gasteiger partial charge in [0, 0.05) is 38.3 Å². The number of methoxy groups -OCH3 is 1. The number of nitrogens with one attached hydrogen (secondary N) is 1. The predicted octanol–water partition coefficient (Wildman–Crippen LogP) is 4.08. The highest BCUT2D eigenvalue weighted by Gasteiger charge is 2.28. The van der Waals surface area contributed by atoms with Crippen molar-refractivity contribution < 1.29 is 17.9 Å². The normalized spacial score (nSPS) is 15.8. The Hall–Kier alpha value is -3.20. The second-order valence-corrected chi connectivity index (χ2v) is 10.8. The molecule has 36 heavy (non-hydrogen) atoms. The second kappa shape index (κ2) is 11.7. The third kappa shape index (κ3) is 6.13. The Balaban J connectivity index is 1.30. The first-order valence-electron chi connectivity index (χ1n) is 12.2. The van der Waals surface area contributed by atoms with Crippen LogP contribution in [0.2, 0.25) is 0 Å². The summed E-state index contributed by atoms with van der Waals surface area (Å²) in [6, 6.07) is 23.9. The molecule has 0 bridgehead atoms. The van der Waals surface area contributed by atoms with Gasteiger partial charge in [0.05, 0.1) is 18.0 Å². The number of hydrogen-bond donors (Lipinski definition) is 1. The molecule has 1 aliphatic heterocycles. The number of carbonyl (C=O) groups is 1. The van der Waals surface area contributed by atoms with E-state index in [0.717, 1.165) is 23.3 Å². The lowest BCUT2D eigenvalue weighted by Gasteiger charge is -2.34. The van der Waals surface area contributed by atoms with Gasteiger partial charge < -0.3 is 10.1 Å². The van der Waals surface area contributed by atoms with Crippen molar-refractivity contribution in [1.82, 2.24) is 14.5 Å². The van der Waals surface area contributed by atoms with Crippen LogP contribution < -0.4 is 10.1 Å². The molecule has 0 unspecified atom stereocenters. The van der Waals surface area contributed by atoms with Crippen LogP contribution in [0.3, 0.4) is 0 Å². The van der Waals surface area contributed by atoms with Crippen molar-refractivity contribution >= 4 is 15.9 Å². The Morgan fingerprint density at radius 2 is 1.56 bits per heavy atom. The van der Waals surface area contributed by atoms with Gasteiger partial charge in [-0.25, -0.2) is 8.42 Å². The third-order valence-corrected chi connectivity index (χ3v) is 8.48. The lowest BCUT2D eigenvalue weighted by atomic mass is 10.0. The maximum atomic E-state index is 12.9. The van der Waals surface area contributed by atoms with Crippen molar-refractivity contribution in [1.29, 1.82) is 0 Å². The van der Waals surface area contributed by atoms with Crippen molar-refractivity contribution in [2.24, 2.45) is 0 Å². The van der Waals surface area contributed by atoms with Crippen LogP contribution in [0.4, 0.5) is 0 Å². The van der Waals surface area contributed by atoms with Crippen molar-refractivity contribution in [3.05, 3.63) is 95.6 Å². The van der Waals surface area contributed by atoms with Gasteiger partial charge in [-0.1, -0.05) is 49.4 Å². The van der Waals surface area contributed by atoms with Crippen LogP contribution in [0.1, 0.15) is 40.9 Å². The monoisotopic (exact) mass is 507 g/mol. The summed E-state index contributed by atoms with van der Waals surface area (Å²) in [5, 5.41) is 3.12. The summed E-state index contributed by atoms with van der Waals surface area (Å²) in [7, 11) is -1.82. The number of ether oxygens (including phenoxy) is 1. The highest BCUT2D eigenvalue weighted by molar-refractivity contribution is 7.89. The number of nitrogens with zero attached hydrogens (tertiary/aromatic N) is 2. The number of rotatable bonds is 9. The first-order chi connectivity index (χ1) is 17.4. The SMILES string of the molecule is CC[C@@H](NC(=O)c1ccc(CN2CCN(S(=O)(=O)c3ccccc3)CC2)cc1)c1ccc(OC)cc1. The minimum atomic E-state index is -3.45. The molecule has 1 N–H and O–H groups in total. The van der Waals surface area contributed by atoms with Crippen LogP contribution in [-0.2, 0) is 16.6 Å². The molecule has 1 fully saturated rings. The molecule has 0 radical (unpaired) electrons. The van der Waals surface area contributed by atoms with Gasteiger partial charge >= 0.3 is 0 Å². The molecule has 7 nitrogen and oxygen atoms in total. The Morgan fingerprint density at radius 1 is 0.917 bits per heavy atom. The van der Waals surface area contributed by atoms with Crippen molar-refractivity contribution in [2.75, 3.05) is 33.3 Å². The number of benzene rings is 3. The Kier molecular flexibility index (Phi) is 8.40. The average molecular weight is 508 g/mol. The molecule has 3 aromatic carbocycles. The zero-order valence-electron chi connectivity index (χ0n) is 20.8. The standard InChI is InChI=1S/C28H33N3O4S/c1-3-27(23-13-15-25(35-2)16-14-23)29-28(32)24-11-9-22(10-12-24)21-30-17-19-31(20-18-30)36(33,34)26-7-5-4-6-8-26/h4-16,27H,3,17-21H2,1-2H3,(H,29,32)/t27-/m1/s1. The van der Waals surface area contributed by atoms with Gasteiger partial charge in [-0.15, -0.1) is 0 Å². The van der Waals surface area contributed by atoms with Gasteiger partial charge in [0.25, 0.3) is 5.91 Å². The van der Waals surface area contributed by atoms with Crippen molar-refractivity contribution in [2.45, 2.75) is 30.8 Å². The van der Waals surface area contributed by atoms with E-state index in [2.05, 4.69) is 10.2 Å². The Morgan fingerprint density at radius 3 is 2.14 bits per heavy atom. The topological polar surface area (TPSA) is 79.0 Å². The molecular weight excluding hydrogens is 474 g/mol. The third-order valence-electron chi connectivity index (χ3n) is 6.57. The molecule has 4 rings (SSSR count). The molecule has 0 aliphatic carbocycles. The summed E-state index contributed by atoms with van der Waals surface area (Å²) >= 11 is 0. The summed E-state index contributed by atoms with van der Waals surface area (Å²) in [5.41, 5.74) is 2.74. The average Bonchev–Trinajstić information content (AvgIpc) is 2.93. The van der Waals surface area contributed by atoms with Crippen LogP contribution in [0.15, 0.2) is 83.8 Å². The van der Waals surface area contributed by atoms with Gasteiger partial charge in [-0.2, -0.15) is 4.31 Å². The maximum absolute atomic E-state index is 12.9. The van der Waals surface area contributed by atoms with E-state index in [1.54, 1.807) is 35.7 Å². The lowest BCUT2D eigenvalue weighted by Crippen LogP contribution is -2.48. The summed E-state index contributed by atoms with van der Waals surface area (Å²) in [6.45, 7) is 5.00. The fraction of sp³-hybridized carbons (Fsp3) is 0.321. The van der Waals surface area contributed by atoms with Gasteiger partial charge in [-0.05, 0) is 53.9 Å². The number of amides is 1. The van der Waals surface area contributed by atoms with Crippen LogP contribution in [-0.4, -0.2) is 56.8 Å². The molecule has 1 amide bonds. The van der Waals surface area contributed by atoms with Gasteiger partial charge in [-0.3, -0.25) is 9.69 Å². The van der Waals surface area contributed by atoms with Gasteiger partial charge in [0.2, 0.25) is 10.0 Å². The van der Waals surface area contributed by atoms with Crippen LogP contribution in [0.25, 0.3) is 0 Å². The minimum Gasteiger partial charge on any atom is -0.497 e. The first-order valence-corrected chi connectivity index (χ1v) is 13.7. The van der Waals surface area contributed by atoms with Gasteiger partial charge in [0.1, 0.15) is 5.75 Å². The van der Waals surface area contributed by atoms with E-state index in [1.165, 1.54) is 0 Å². The largest absolute Gasteiger partial charge is 0.497 e. The van der Waals surface area contributed by atoms with Crippen molar-refractivity contribution in [3.63, 3.8) is 0 Å². The molecule has 1 heterocycles. The predicted molar refractivity (Wildman–Crippen MR) is 140 cm³/mol. The van der Waals surface area contributed by atoms with E-state index in [0.29, 0.717) is 43.2 Å². The molecule has 0 aromatic heterocycles. The van der Waals surface area contributed by atoms with E-state index in [9.17, 15) is 13.2 Å². The molecule has 0 saturated carbocycles. The zero-order valence-corrected chi connectivity index (χ0v) is 21.6. The Labute approximate surface area is 213 Å². The lowest BCUT2D eigenvalue weighted by molar-refractivity contribution is 0.0935. The molecule has 1 aliphatic rings.